The second-order valence-corrected chi connectivity index (χ2v) is 7.11. The molecule has 3 heterocycles. The number of piperazine rings is 1. The van der Waals surface area contributed by atoms with E-state index >= 15 is 0 Å². The van der Waals surface area contributed by atoms with E-state index in [4.69, 9.17) is 9.26 Å². The average molecular weight is 378 g/mol. The highest BCUT2D eigenvalue weighted by molar-refractivity contribution is 7.12. The molecule has 1 N–H and O–H groups in total. The third-order valence-electron chi connectivity index (χ3n) is 4.20. The van der Waals surface area contributed by atoms with E-state index in [1.165, 1.54) is 18.4 Å². The van der Waals surface area contributed by atoms with Gasteiger partial charge < -0.3 is 14.6 Å². The molecule has 2 aromatic rings. The molecule has 0 aromatic carbocycles. The number of hydrogen-bond donors (Lipinski definition) is 1. The van der Waals surface area contributed by atoms with Gasteiger partial charge in [-0.3, -0.25) is 14.6 Å². The molecule has 26 heavy (non-hydrogen) atoms. The van der Waals surface area contributed by atoms with Crippen molar-refractivity contribution >= 4 is 28.9 Å². The number of methoxy groups -OCH3 is 1. The van der Waals surface area contributed by atoms with Crippen LogP contribution in [0.1, 0.15) is 21.1 Å². The fourth-order valence-corrected chi connectivity index (χ4v) is 3.63. The molecule has 0 atom stereocenters. The number of amides is 1. The van der Waals surface area contributed by atoms with Crippen LogP contribution in [-0.4, -0.2) is 66.7 Å². The number of aryl methyl sites for hydroxylation is 1. The lowest BCUT2D eigenvalue weighted by Crippen LogP contribution is -2.48. The minimum Gasteiger partial charge on any atom is -0.465 e. The Morgan fingerprint density at radius 2 is 2.04 bits per heavy atom. The normalized spacial score (nSPS) is 15.8. The van der Waals surface area contributed by atoms with Crippen molar-refractivity contribution in [2.75, 3.05) is 45.2 Å². The number of carbonyl (C=O) groups excluding carboxylic acids is 2. The van der Waals surface area contributed by atoms with Crippen LogP contribution < -0.4 is 5.32 Å². The quantitative estimate of drug-likeness (QED) is 0.764. The molecular weight excluding hydrogens is 356 g/mol. The summed E-state index contributed by atoms with van der Waals surface area (Å²) in [5.74, 6) is 0.293. The maximum atomic E-state index is 12.3. The van der Waals surface area contributed by atoms with E-state index in [1.807, 2.05) is 13.0 Å². The number of aromatic nitrogens is 1. The summed E-state index contributed by atoms with van der Waals surface area (Å²) in [6.45, 7) is 6.26. The number of anilines is 1. The number of thiophene rings is 1. The lowest BCUT2D eigenvalue weighted by Gasteiger charge is -2.33. The largest absolute Gasteiger partial charge is 0.465 e. The molecule has 0 unspecified atom stereocenters. The van der Waals surface area contributed by atoms with Crippen LogP contribution in [0, 0.1) is 6.92 Å². The Labute approximate surface area is 155 Å². The number of nitrogens with one attached hydrogen (secondary N) is 1. The van der Waals surface area contributed by atoms with Gasteiger partial charge in [-0.15, -0.1) is 11.3 Å². The molecule has 2 aromatic heterocycles. The van der Waals surface area contributed by atoms with Gasteiger partial charge in [0.1, 0.15) is 4.88 Å². The second kappa shape index (κ2) is 8.43. The second-order valence-electron chi connectivity index (χ2n) is 6.19. The summed E-state index contributed by atoms with van der Waals surface area (Å²) in [4.78, 5) is 28.7. The Morgan fingerprint density at radius 1 is 1.31 bits per heavy atom. The van der Waals surface area contributed by atoms with Gasteiger partial charge in [0.2, 0.25) is 5.91 Å². The van der Waals surface area contributed by atoms with E-state index < -0.39 is 5.97 Å². The molecule has 1 fully saturated rings. The van der Waals surface area contributed by atoms with Crippen LogP contribution in [0.5, 0.6) is 0 Å². The lowest BCUT2D eigenvalue weighted by atomic mass is 10.2. The van der Waals surface area contributed by atoms with Gasteiger partial charge >= 0.3 is 5.97 Å². The van der Waals surface area contributed by atoms with Crippen molar-refractivity contribution in [3.63, 3.8) is 0 Å². The molecule has 1 aliphatic heterocycles. The highest BCUT2D eigenvalue weighted by atomic mass is 32.1. The zero-order valence-corrected chi connectivity index (χ0v) is 15.7. The summed E-state index contributed by atoms with van der Waals surface area (Å²) >= 11 is 1.25. The van der Waals surface area contributed by atoms with Crippen LogP contribution in [-0.2, 0) is 16.1 Å². The molecule has 3 rings (SSSR count). The minimum atomic E-state index is -0.438. The zero-order chi connectivity index (χ0) is 18.5. The molecule has 9 heteroatoms. The predicted molar refractivity (Wildman–Crippen MR) is 97.2 cm³/mol. The third kappa shape index (κ3) is 4.69. The number of hydrogen-bond acceptors (Lipinski definition) is 8. The first-order valence-corrected chi connectivity index (χ1v) is 9.25. The Morgan fingerprint density at radius 3 is 2.69 bits per heavy atom. The molecule has 1 amide bonds. The Bertz CT molecular complexity index is 764. The molecule has 0 bridgehead atoms. The molecule has 0 spiro atoms. The first-order valence-electron chi connectivity index (χ1n) is 8.37. The van der Waals surface area contributed by atoms with Crippen LogP contribution in [0.25, 0.3) is 0 Å². The number of esters is 1. The number of nitrogens with zero attached hydrogens (tertiary/aromatic N) is 3. The molecule has 0 saturated carbocycles. The summed E-state index contributed by atoms with van der Waals surface area (Å²) in [6.07, 6.45) is 0. The van der Waals surface area contributed by atoms with Crippen molar-refractivity contribution in [2.24, 2.45) is 0 Å². The molecular formula is C17H22N4O4S. The van der Waals surface area contributed by atoms with E-state index in [0.717, 1.165) is 44.2 Å². The van der Waals surface area contributed by atoms with E-state index in [0.29, 0.717) is 17.1 Å². The molecule has 0 radical (unpaired) electrons. The van der Waals surface area contributed by atoms with Crippen molar-refractivity contribution in [1.29, 1.82) is 0 Å². The van der Waals surface area contributed by atoms with Gasteiger partial charge in [0.25, 0.3) is 0 Å². The Hall–Kier alpha value is -2.23. The fourth-order valence-electron chi connectivity index (χ4n) is 2.87. The average Bonchev–Trinajstić information content (AvgIpc) is 3.25. The van der Waals surface area contributed by atoms with Crippen molar-refractivity contribution in [1.82, 2.24) is 15.0 Å². The Kier molecular flexibility index (Phi) is 6.02. The first-order chi connectivity index (χ1) is 12.5. The highest BCUT2D eigenvalue weighted by Gasteiger charge is 2.21. The Balaban J connectivity index is 1.45. The van der Waals surface area contributed by atoms with Crippen LogP contribution in [0.4, 0.5) is 5.69 Å². The van der Waals surface area contributed by atoms with E-state index in [1.54, 1.807) is 11.4 Å². The monoisotopic (exact) mass is 378 g/mol. The SMILES string of the molecule is COC(=O)c1sccc1NC(=O)CN1CCN(Cc2cc(C)no2)CC1. The van der Waals surface area contributed by atoms with Gasteiger partial charge in [0, 0.05) is 32.2 Å². The van der Waals surface area contributed by atoms with Gasteiger partial charge in [0.15, 0.2) is 5.76 Å². The zero-order valence-electron chi connectivity index (χ0n) is 14.9. The van der Waals surface area contributed by atoms with Crippen LogP contribution in [0.3, 0.4) is 0 Å². The summed E-state index contributed by atoms with van der Waals surface area (Å²) < 4.78 is 9.97. The number of ether oxygens (including phenoxy) is 1. The third-order valence-corrected chi connectivity index (χ3v) is 5.09. The van der Waals surface area contributed by atoms with E-state index in [9.17, 15) is 9.59 Å². The smallest absolute Gasteiger partial charge is 0.350 e. The summed E-state index contributed by atoms with van der Waals surface area (Å²) in [7, 11) is 1.33. The van der Waals surface area contributed by atoms with Crippen LogP contribution in [0.15, 0.2) is 22.0 Å². The lowest BCUT2D eigenvalue weighted by molar-refractivity contribution is -0.117. The van der Waals surface area contributed by atoms with Crippen molar-refractivity contribution in [3.8, 4) is 0 Å². The minimum absolute atomic E-state index is 0.132. The van der Waals surface area contributed by atoms with Crippen molar-refractivity contribution in [3.05, 3.63) is 33.8 Å². The van der Waals surface area contributed by atoms with Crippen LogP contribution in [0.2, 0.25) is 0 Å². The topological polar surface area (TPSA) is 87.9 Å². The van der Waals surface area contributed by atoms with Gasteiger partial charge in [-0.05, 0) is 18.4 Å². The van der Waals surface area contributed by atoms with Crippen molar-refractivity contribution in [2.45, 2.75) is 13.5 Å². The molecule has 8 nitrogen and oxygen atoms in total. The summed E-state index contributed by atoms with van der Waals surface area (Å²) in [5.41, 5.74) is 1.39. The van der Waals surface area contributed by atoms with Gasteiger partial charge in [-0.25, -0.2) is 4.79 Å². The predicted octanol–water partition coefficient (Wildman–Crippen LogP) is 1.59. The maximum Gasteiger partial charge on any atom is 0.350 e. The van der Waals surface area contributed by atoms with Gasteiger partial charge in [-0.1, -0.05) is 5.16 Å². The van der Waals surface area contributed by atoms with Gasteiger partial charge in [0.05, 0.1) is 31.6 Å². The van der Waals surface area contributed by atoms with Crippen LogP contribution >= 0.6 is 11.3 Å². The molecule has 140 valence electrons. The number of carbonyl (C=O) groups is 2. The first kappa shape index (κ1) is 18.6. The molecule has 1 saturated heterocycles. The number of rotatable bonds is 6. The molecule has 0 aliphatic carbocycles. The van der Waals surface area contributed by atoms with Gasteiger partial charge in [-0.2, -0.15) is 0 Å². The highest BCUT2D eigenvalue weighted by Crippen LogP contribution is 2.23. The van der Waals surface area contributed by atoms with E-state index in [2.05, 4.69) is 20.3 Å². The van der Waals surface area contributed by atoms with E-state index in [-0.39, 0.29) is 5.91 Å². The van der Waals surface area contributed by atoms with Crippen molar-refractivity contribution < 1.29 is 18.8 Å². The summed E-state index contributed by atoms with van der Waals surface area (Å²) in [6, 6.07) is 3.66. The maximum absolute atomic E-state index is 12.3. The fraction of sp³-hybridized carbons (Fsp3) is 0.471. The molecule has 1 aliphatic rings. The standard InChI is InChI=1S/C17H22N4O4S/c1-12-9-13(25-19-12)10-20-4-6-21(7-5-20)11-15(22)18-14-3-8-26-16(14)17(23)24-2/h3,8-9H,4-7,10-11H2,1-2H3,(H,18,22). The summed E-state index contributed by atoms with van der Waals surface area (Å²) in [5, 5.41) is 8.46.